The Labute approximate surface area is 86.2 Å². The van der Waals surface area contributed by atoms with E-state index >= 15 is 0 Å². The molecule has 0 radical (unpaired) electrons. The molecule has 3 saturated heterocycles. The van der Waals surface area contributed by atoms with Crippen LogP contribution in [0.3, 0.4) is 0 Å². The first kappa shape index (κ1) is 10.4. The number of rotatable bonds is 2. The van der Waals surface area contributed by atoms with Crippen molar-refractivity contribution in [1.29, 1.82) is 0 Å². The number of hydrogen-bond donors (Lipinski definition) is 0. The Morgan fingerprint density at radius 3 is 1.79 bits per heavy atom. The lowest BCUT2D eigenvalue weighted by Crippen LogP contribution is -2.74. The summed E-state index contributed by atoms with van der Waals surface area (Å²) in [4.78, 5) is 0. The zero-order chi connectivity index (χ0) is 10.4. The third-order valence-corrected chi connectivity index (χ3v) is 4.87. The standard InChI is InChI=1S/C9H20N2O2S/c1-10-3-6-11(7-4-10,8-5-10)9-14(2,12)13/h3-9H2,1-2H3/q+2. The maximum Gasteiger partial charge on any atom is 0.197 e. The number of quaternary nitrogens is 2. The molecule has 0 aromatic rings. The molecule has 4 nitrogen and oxygen atoms in total. The van der Waals surface area contributed by atoms with Crippen LogP contribution in [-0.4, -0.2) is 75.8 Å². The first-order chi connectivity index (χ1) is 6.33. The molecule has 3 heterocycles. The molecule has 3 aliphatic rings. The second-order valence-corrected chi connectivity index (χ2v) is 7.47. The van der Waals surface area contributed by atoms with Crippen LogP contribution in [0.4, 0.5) is 0 Å². The van der Waals surface area contributed by atoms with Crippen molar-refractivity contribution in [2.45, 2.75) is 0 Å². The minimum atomic E-state index is -2.82. The van der Waals surface area contributed by atoms with Gasteiger partial charge in [-0.3, -0.25) is 4.48 Å². The molecule has 0 spiro atoms. The van der Waals surface area contributed by atoms with Crippen LogP contribution < -0.4 is 0 Å². The predicted octanol–water partition coefficient (Wildman–Crippen LogP) is -0.721. The van der Waals surface area contributed by atoms with Crippen LogP contribution in [0.1, 0.15) is 0 Å². The number of likely N-dealkylation sites (N-methyl/N-ethyl adjacent to an activating group) is 1. The Kier molecular flexibility index (Phi) is 2.18. The van der Waals surface area contributed by atoms with Gasteiger partial charge < -0.3 is 4.48 Å². The van der Waals surface area contributed by atoms with Gasteiger partial charge in [-0.15, -0.1) is 0 Å². The molecule has 3 rings (SSSR count). The van der Waals surface area contributed by atoms with Gasteiger partial charge in [-0.1, -0.05) is 0 Å². The highest BCUT2D eigenvalue weighted by molar-refractivity contribution is 7.90. The van der Waals surface area contributed by atoms with E-state index in [1.54, 1.807) is 0 Å². The molecular formula is C9H20N2O2S+2. The van der Waals surface area contributed by atoms with Crippen molar-refractivity contribution in [3.63, 3.8) is 0 Å². The Hall–Kier alpha value is -0.130. The molecule has 0 aliphatic carbocycles. The van der Waals surface area contributed by atoms with Gasteiger partial charge in [-0.05, 0) is 0 Å². The summed E-state index contributed by atoms with van der Waals surface area (Å²) in [5.41, 5.74) is 0. The van der Waals surface area contributed by atoms with Crippen molar-refractivity contribution < 1.29 is 17.4 Å². The van der Waals surface area contributed by atoms with Crippen molar-refractivity contribution in [2.24, 2.45) is 0 Å². The topological polar surface area (TPSA) is 34.1 Å². The van der Waals surface area contributed by atoms with E-state index in [9.17, 15) is 8.42 Å². The normalized spacial score (nSPS) is 42.7. The zero-order valence-electron chi connectivity index (χ0n) is 9.07. The molecule has 0 atom stereocenters. The zero-order valence-corrected chi connectivity index (χ0v) is 9.89. The van der Waals surface area contributed by atoms with Crippen molar-refractivity contribution in [2.75, 3.05) is 58.4 Å². The third-order valence-electron chi connectivity index (χ3n) is 3.85. The minimum absolute atomic E-state index is 0.354. The Balaban J connectivity index is 2.13. The van der Waals surface area contributed by atoms with E-state index in [4.69, 9.17) is 0 Å². The van der Waals surface area contributed by atoms with Gasteiger partial charge in [0.15, 0.2) is 15.7 Å². The second-order valence-electron chi connectivity index (χ2n) is 5.36. The Morgan fingerprint density at radius 2 is 1.43 bits per heavy atom. The van der Waals surface area contributed by atoms with Crippen LogP contribution in [-0.2, 0) is 9.84 Å². The van der Waals surface area contributed by atoms with Gasteiger partial charge in [-0.2, -0.15) is 0 Å². The summed E-state index contributed by atoms with van der Waals surface area (Å²) >= 11 is 0. The molecular weight excluding hydrogens is 200 g/mol. The smallest absolute Gasteiger partial charge is 0.197 e. The fourth-order valence-corrected chi connectivity index (χ4v) is 4.10. The molecule has 14 heavy (non-hydrogen) atoms. The monoisotopic (exact) mass is 220 g/mol. The SMILES string of the molecule is C[N+]12CC[N+](CS(C)(=O)=O)(CC1)CC2. The lowest BCUT2D eigenvalue weighted by molar-refractivity contribution is -1.07. The van der Waals surface area contributed by atoms with Gasteiger partial charge in [-0.25, -0.2) is 8.42 Å². The van der Waals surface area contributed by atoms with Crippen LogP contribution in [0.2, 0.25) is 0 Å². The fourth-order valence-electron chi connectivity index (χ4n) is 2.72. The third kappa shape index (κ3) is 1.94. The van der Waals surface area contributed by atoms with Crippen molar-refractivity contribution in [1.82, 2.24) is 0 Å². The number of nitrogens with zero attached hydrogens (tertiary/aromatic N) is 2. The molecule has 0 N–H and O–H groups in total. The molecule has 82 valence electrons. The van der Waals surface area contributed by atoms with Gasteiger partial charge in [0.2, 0.25) is 0 Å². The lowest BCUT2D eigenvalue weighted by atomic mass is 10.1. The summed E-state index contributed by atoms with van der Waals surface area (Å²) in [6, 6.07) is 0. The highest BCUT2D eigenvalue weighted by Crippen LogP contribution is 2.25. The summed E-state index contributed by atoms with van der Waals surface area (Å²) < 4.78 is 24.7. The number of sulfone groups is 1. The van der Waals surface area contributed by atoms with E-state index < -0.39 is 9.84 Å². The summed E-state index contributed by atoms with van der Waals surface area (Å²) in [5.74, 6) is 0.354. The van der Waals surface area contributed by atoms with Crippen LogP contribution in [0.15, 0.2) is 0 Å². The van der Waals surface area contributed by atoms with Gasteiger partial charge >= 0.3 is 0 Å². The van der Waals surface area contributed by atoms with Crippen molar-refractivity contribution in [3.05, 3.63) is 0 Å². The first-order valence-corrected chi connectivity index (χ1v) is 7.25. The van der Waals surface area contributed by atoms with E-state index in [0.717, 1.165) is 48.2 Å². The average Bonchev–Trinajstić information content (AvgIpc) is 2.05. The molecule has 0 amide bonds. The van der Waals surface area contributed by atoms with Gasteiger partial charge in [0.25, 0.3) is 0 Å². The van der Waals surface area contributed by atoms with E-state index in [2.05, 4.69) is 7.05 Å². The molecule has 3 fully saturated rings. The minimum Gasteiger partial charge on any atom is -0.312 e. The average molecular weight is 220 g/mol. The fraction of sp³-hybridized carbons (Fsp3) is 1.00. The van der Waals surface area contributed by atoms with E-state index in [0.29, 0.717) is 5.88 Å². The highest BCUT2D eigenvalue weighted by atomic mass is 32.2. The second kappa shape index (κ2) is 2.93. The van der Waals surface area contributed by atoms with Gasteiger partial charge in [0.05, 0.1) is 7.05 Å². The Bertz CT molecular complexity index is 312. The van der Waals surface area contributed by atoms with E-state index in [1.165, 1.54) is 6.26 Å². The molecule has 0 aromatic carbocycles. The van der Waals surface area contributed by atoms with E-state index in [1.807, 2.05) is 0 Å². The number of fused-ring (bicyclic) bond motifs is 3. The largest absolute Gasteiger partial charge is 0.312 e. The summed E-state index contributed by atoms with van der Waals surface area (Å²) in [7, 11) is -0.539. The van der Waals surface area contributed by atoms with Crippen LogP contribution in [0, 0.1) is 0 Å². The Morgan fingerprint density at radius 1 is 1.00 bits per heavy atom. The van der Waals surface area contributed by atoms with E-state index in [-0.39, 0.29) is 0 Å². The summed E-state index contributed by atoms with van der Waals surface area (Å²) in [5, 5.41) is 0. The highest BCUT2D eigenvalue weighted by Gasteiger charge is 2.47. The first-order valence-electron chi connectivity index (χ1n) is 5.19. The summed E-state index contributed by atoms with van der Waals surface area (Å²) in [6.07, 6.45) is 1.36. The number of hydrogen-bond acceptors (Lipinski definition) is 2. The van der Waals surface area contributed by atoms with Gasteiger partial charge in [0.1, 0.15) is 39.3 Å². The van der Waals surface area contributed by atoms with Crippen LogP contribution in [0.5, 0.6) is 0 Å². The number of piperazine rings is 3. The molecule has 3 aliphatic heterocycles. The van der Waals surface area contributed by atoms with Crippen molar-refractivity contribution >= 4 is 9.84 Å². The molecule has 0 unspecified atom stereocenters. The molecule has 2 bridgehead atoms. The summed E-state index contributed by atoms with van der Waals surface area (Å²) in [6.45, 7) is 6.58. The van der Waals surface area contributed by atoms with Crippen LogP contribution >= 0.6 is 0 Å². The maximum atomic E-state index is 11.3. The molecule has 0 saturated carbocycles. The van der Waals surface area contributed by atoms with Crippen LogP contribution in [0.25, 0.3) is 0 Å². The lowest BCUT2D eigenvalue weighted by Gasteiger charge is -2.53. The quantitative estimate of drug-likeness (QED) is 0.576. The molecule has 5 heteroatoms. The maximum absolute atomic E-state index is 11.3. The predicted molar refractivity (Wildman–Crippen MR) is 55.4 cm³/mol. The molecule has 0 aromatic heterocycles. The van der Waals surface area contributed by atoms with Crippen molar-refractivity contribution in [3.8, 4) is 0 Å². The van der Waals surface area contributed by atoms with Gasteiger partial charge in [0, 0.05) is 6.26 Å².